The van der Waals surface area contributed by atoms with Crippen LogP contribution in [-0.2, 0) is 4.79 Å². The molecule has 1 aliphatic heterocycles. The molecule has 136 valence electrons. The molecule has 1 N–H and O–H groups in total. The van der Waals surface area contributed by atoms with Gasteiger partial charge in [0.25, 0.3) is 5.91 Å². The van der Waals surface area contributed by atoms with E-state index in [0.717, 1.165) is 29.7 Å². The molecule has 0 saturated carbocycles. The van der Waals surface area contributed by atoms with Crippen molar-refractivity contribution in [2.75, 3.05) is 20.2 Å². The molecule has 1 aliphatic rings. The fourth-order valence-corrected chi connectivity index (χ4v) is 3.41. The maximum Gasteiger partial charge on any atom is 0.251 e. The quantitative estimate of drug-likeness (QED) is 0.900. The molecular weight excluding hydrogens is 328 g/mol. The Balaban J connectivity index is 1.64. The zero-order valence-electron chi connectivity index (χ0n) is 15.2. The van der Waals surface area contributed by atoms with Gasteiger partial charge in [-0.3, -0.25) is 9.59 Å². The predicted molar refractivity (Wildman–Crippen MR) is 100 cm³/mol. The van der Waals surface area contributed by atoms with Crippen LogP contribution in [0.5, 0.6) is 5.75 Å². The van der Waals surface area contributed by atoms with Crippen LogP contribution in [0.1, 0.15) is 40.4 Å². The van der Waals surface area contributed by atoms with Gasteiger partial charge in [0.1, 0.15) is 5.75 Å². The molecule has 1 fully saturated rings. The number of hydrogen-bond acceptors (Lipinski definition) is 3. The summed E-state index contributed by atoms with van der Waals surface area (Å²) in [5.74, 6) is 0.505. The van der Waals surface area contributed by atoms with Gasteiger partial charge < -0.3 is 15.0 Å². The number of methoxy groups -OCH3 is 1. The highest BCUT2D eigenvalue weighted by Crippen LogP contribution is 2.33. The number of benzene rings is 2. The molecule has 2 amide bonds. The maximum atomic E-state index is 12.7. The number of ether oxygens (including phenoxy) is 1. The van der Waals surface area contributed by atoms with Crippen LogP contribution in [0.15, 0.2) is 48.5 Å². The molecule has 3 rings (SSSR count). The number of carbonyl (C=O) groups is 2. The Morgan fingerprint density at radius 2 is 2.00 bits per heavy atom. The number of aryl methyl sites for hydroxylation is 1. The first-order valence-corrected chi connectivity index (χ1v) is 8.87. The van der Waals surface area contributed by atoms with E-state index in [1.807, 2.05) is 54.3 Å². The lowest BCUT2D eigenvalue weighted by Gasteiger charge is -2.25. The van der Waals surface area contributed by atoms with Crippen molar-refractivity contribution in [1.82, 2.24) is 10.2 Å². The van der Waals surface area contributed by atoms with E-state index in [1.165, 1.54) is 0 Å². The first-order chi connectivity index (χ1) is 12.6. The van der Waals surface area contributed by atoms with E-state index in [4.69, 9.17) is 4.74 Å². The molecule has 0 bridgehead atoms. The van der Waals surface area contributed by atoms with E-state index >= 15 is 0 Å². The van der Waals surface area contributed by atoms with Crippen LogP contribution in [0.2, 0.25) is 0 Å². The number of likely N-dealkylation sites (tertiary alicyclic amines) is 1. The predicted octanol–water partition coefficient (Wildman–Crippen LogP) is 3.10. The summed E-state index contributed by atoms with van der Waals surface area (Å²) >= 11 is 0. The Labute approximate surface area is 154 Å². The van der Waals surface area contributed by atoms with Gasteiger partial charge in [-0.1, -0.05) is 29.8 Å². The van der Waals surface area contributed by atoms with Gasteiger partial charge in [-0.15, -0.1) is 0 Å². The second-order valence-corrected chi connectivity index (χ2v) is 6.57. The van der Waals surface area contributed by atoms with Crippen molar-refractivity contribution in [3.63, 3.8) is 0 Å². The molecule has 26 heavy (non-hydrogen) atoms. The van der Waals surface area contributed by atoms with E-state index in [9.17, 15) is 9.59 Å². The van der Waals surface area contributed by atoms with Gasteiger partial charge in [-0.05, 0) is 49.6 Å². The van der Waals surface area contributed by atoms with E-state index < -0.39 is 0 Å². The van der Waals surface area contributed by atoms with Gasteiger partial charge in [-0.2, -0.15) is 0 Å². The molecule has 5 heteroatoms. The monoisotopic (exact) mass is 352 g/mol. The van der Waals surface area contributed by atoms with Crippen molar-refractivity contribution in [2.24, 2.45) is 0 Å². The average Bonchev–Trinajstić information content (AvgIpc) is 3.16. The number of nitrogens with zero attached hydrogens (tertiary/aromatic N) is 1. The molecule has 2 aromatic carbocycles. The summed E-state index contributed by atoms with van der Waals surface area (Å²) in [7, 11) is 1.64. The van der Waals surface area contributed by atoms with Crippen molar-refractivity contribution < 1.29 is 14.3 Å². The largest absolute Gasteiger partial charge is 0.497 e. The highest BCUT2D eigenvalue weighted by molar-refractivity contribution is 5.96. The molecular formula is C21H24N2O3. The van der Waals surface area contributed by atoms with Crippen molar-refractivity contribution in [1.29, 1.82) is 0 Å². The van der Waals surface area contributed by atoms with Crippen LogP contribution in [0.25, 0.3) is 0 Å². The molecule has 0 spiro atoms. The number of nitrogens with one attached hydrogen (secondary N) is 1. The van der Waals surface area contributed by atoms with Crippen molar-refractivity contribution in [2.45, 2.75) is 25.8 Å². The lowest BCUT2D eigenvalue weighted by Crippen LogP contribution is -2.39. The third-order valence-corrected chi connectivity index (χ3v) is 4.73. The van der Waals surface area contributed by atoms with Crippen molar-refractivity contribution in [3.05, 3.63) is 65.2 Å². The minimum atomic E-state index is -0.223. The summed E-state index contributed by atoms with van der Waals surface area (Å²) in [6.07, 6.45) is 1.88. The topological polar surface area (TPSA) is 58.6 Å². The zero-order valence-corrected chi connectivity index (χ0v) is 15.2. The first-order valence-electron chi connectivity index (χ1n) is 8.87. The summed E-state index contributed by atoms with van der Waals surface area (Å²) in [4.78, 5) is 26.8. The summed E-state index contributed by atoms with van der Waals surface area (Å²) in [6, 6.07) is 15.2. The van der Waals surface area contributed by atoms with Crippen LogP contribution < -0.4 is 10.1 Å². The Morgan fingerprint density at radius 3 is 2.77 bits per heavy atom. The van der Waals surface area contributed by atoms with Gasteiger partial charge in [0.05, 0.1) is 19.7 Å². The van der Waals surface area contributed by atoms with Crippen molar-refractivity contribution in [3.8, 4) is 5.75 Å². The van der Waals surface area contributed by atoms with Crippen LogP contribution in [0.4, 0.5) is 0 Å². The van der Waals surface area contributed by atoms with Gasteiger partial charge in [0.2, 0.25) is 5.91 Å². The van der Waals surface area contributed by atoms with Crippen LogP contribution in [0, 0.1) is 6.92 Å². The summed E-state index contributed by atoms with van der Waals surface area (Å²) < 4.78 is 5.29. The van der Waals surface area contributed by atoms with Gasteiger partial charge >= 0.3 is 0 Å². The Bertz CT molecular complexity index is 803. The number of hydrogen-bond donors (Lipinski definition) is 1. The molecule has 1 atom stereocenters. The first kappa shape index (κ1) is 18.0. The normalized spacial score (nSPS) is 16.4. The molecule has 1 saturated heterocycles. The number of amides is 2. The van der Waals surface area contributed by atoms with E-state index in [1.54, 1.807) is 13.2 Å². The second-order valence-electron chi connectivity index (χ2n) is 6.57. The minimum Gasteiger partial charge on any atom is -0.497 e. The van der Waals surface area contributed by atoms with Crippen LogP contribution in [0.3, 0.4) is 0 Å². The summed E-state index contributed by atoms with van der Waals surface area (Å²) in [5.41, 5.74) is 2.66. The van der Waals surface area contributed by atoms with E-state index in [2.05, 4.69) is 5.32 Å². The Morgan fingerprint density at radius 1 is 1.19 bits per heavy atom. The molecule has 1 heterocycles. The standard InChI is InChI=1S/C21H24N2O3/c1-15-6-3-8-17(12-15)21(25)22-14-20(24)23-11-5-10-19(23)16-7-4-9-18(13-16)26-2/h3-4,6-9,12-13,19H,5,10-11,14H2,1-2H3,(H,22,25). The highest BCUT2D eigenvalue weighted by Gasteiger charge is 2.30. The third-order valence-electron chi connectivity index (χ3n) is 4.73. The molecule has 0 radical (unpaired) electrons. The lowest BCUT2D eigenvalue weighted by atomic mass is 10.0. The fourth-order valence-electron chi connectivity index (χ4n) is 3.41. The number of rotatable bonds is 5. The number of carbonyl (C=O) groups excluding carboxylic acids is 2. The maximum absolute atomic E-state index is 12.7. The molecule has 0 aromatic heterocycles. The Hall–Kier alpha value is -2.82. The minimum absolute atomic E-state index is 0.00719. The fraction of sp³-hybridized carbons (Fsp3) is 0.333. The summed E-state index contributed by atoms with van der Waals surface area (Å²) in [5, 5.41) is 2.74. The lowest BCUT2D eigenvalue weighted by molar-refractivity contribution is -0.131. The van der Waals surface area contributed by atoms with Crippen LogP contribution >= 0.6 is 0 Å². The zero-order chi connectivity index (χ0) is 18.5. The van der Waals surface area contributed by atoms with Gasteiger partial charge in [-0.25, -0.2) is 0 Å². The van der Waals surface area contributed by atoms with Crippen molar-refractivity contribution >= 4 is 11.8 Å². The van der Waals surface area contributed by atoms with E-state index in [-0.39, 0.29) is 24.4 Å². The summed E-state index contributed by atoms with van der Waals surface area (Å²) in [6.45, 7) is 2.65. The Kier molecular flexibility index (Phi) is 5.56. The second kappa shape index (κ2) is 8.04. The van der Waals surface area contributed by atoms with E-state index in [0.29, 0.717) is 12.1 Å². The molecule has 1 unspecified atom stereocenters. The smallest absolute Gasteiger partial charge is 0.251 e. The third kappa shape index (κ3) is 4.04. The molecule has 2 aromatic rings. The molecule has 5 nitrogen and oxygen atoms in total. The van der Waals surface area contributed by atoms with Gasteiger partial charge in [0.15, 0.2) is 0 Å². The highest BCUT2D eigenvalue weighted by atomic mass is 16.5. The SMILES string of the molecule is COc1cccc(C2CCCN2C(=O)CNC(=O)c2cccc(C)c2)c1. The van der Waals surface area contributed by atoms with Crippen LogP contribution in [-0.4, -0.2) is 36.9 Å². The average molecular weight is 352 g/mol. The van der Waals surface area contributed by atoms with Gasteiger partial charge in [0, 0.05) is 12.1 Å². The molecule has 0 aliphatic carbocycles.